The predicted molar refractivity (Wildman–Crippen MR) is 200 cm³/mol. The van der Waals surface area contributed by atoms with E-state index >= 15 is 0 Å². The smallest absolute Gasteiger partial charge is 0.0998 e. The molecule has 0 unspecified atom stereocenters. The minimum Gasteiger partial charge on any atom is -0.309 e. The molecule has 50 heavy (non-hydrogen) atoms. The first-order chi connectivity index (χ1) is 24.7. The molecule has 5 nitrogen and oxygen atoms in total. The molecule has 0 amide bonds. The average molecular weight is 636 g/mol. The average Bonchev–Trinajstić information content (AvgIpc) is 3.70. The van der Waals surface area contributed by atoms with Crippen LogP contribution in [0.1, 0.15) is 16.7 Å². The topological polar surface area (TPSA) is 81.2 Å². The molecule has 0 aliphatic carbocycles. The number of hydrogen-bond donors (Lipinski definition) is 0. The minimum absolute atomic E-state index is 0.580. The molecule has 0 saturated carbocycles. The molecule has 0 fully saturated rings. The minimum atomic E-state index is 0.580. The summed E-state index contributed by atoms with van der Waals surface area (Å²) in [6.45, 7) is 0. The summed E-state index contributed by atoms with van der Waals surface area (Å²) in [4.78, 5) is 0. The molecule has 0 atom stereocenters. The third-order valence-electron chi connectivity index (χ3n) is 9.63. The summed E-state index contributed by atoms with van der Waals surface area (Å²) in [5.74, 6) is 0. The van der Waals surface area contributed by atoms with Crippen molar-refractivity contribution in [1.29, 1.82) is 15.8 Å². The Bertz CT molecular complexity index is 2970. The number of aromatic nitrogens is 2. The normalized spacial score (nSPS) is 11.1. The highest BCUT2D eigenvalue weighted by Gasteiger charge is 2.19. The summed E-state index contributed by atoms with van der Waals surface area (Å²) in [5.41, 5.74) is 11.6. The van der Waals surface area contributed by atoms with Crippen LogP contribution < -0.4 is 0 Å². The van der Waals surface area contributed by atoms with E-state index in [1.54, 1.807) is 0 Å². The van der Waals surface area contributed by atoms with Crippen LogP contribution in [0.25, 0.3) is 77.2 Å². The molecule has 0 saturated heterocycles. The summed E-state index contributed by atoms with van der Waals surface area (Å²) in [5, 5.41) is 34.0. The van der Waals surface area contributed by atoms with E-state index in [-0.39, 0.29) is 0 Å². The number of hydrogen-bond acceptors (Lipinski definition) is 3. The molecule has 0 radical (unpaired) electrons. The highest BCUT2D eigenvalue weighted by molar-refractivity contribution is 6.12. The van der Waals surface area contributed by atoms with Gasteiger partial charge in [-0.2, -0.15) is 15.8 Å². The van der Waals surface area contributed by atoms with E-state index in [1.807, 2.05) is 78.9 Å². The van der Waals surface area contributed by atoms with Gasteiger partial charge in [0.05, 0.1) is 62.7 Å². The maximum absolute atomic E-state index is 10.4. The molecule has 9 rings (SSSR count). The fourth-order valence-corrected chi connectivity index (χ4v) is 7.46. The van der Waals surface area contributed by atoms with Crippen molar-refractivity contribution in [2.75, 3.05) is 0 Å². The lowest BCUT2D eigenvalue weighted by molar-refractivity contribution is 1.18. The van der Waals surface area contributed by atoms with Crippen molar-refractivity contribution >= 4 is 43.6 Å². The van der Waals surface area contributed by atoms with Crippen molar-refractivity contribution in [2.24, 2.45) is 0 Å². The van der Waals surface area contributed by atoms with Gasteiger partial charge in [-0.1, -0.05) is 78.9 Å². The number of nitrogens with zero attached hydrogens (tertiary/aromatic N) is 5. The van der Waals surface area contributed by atoms with Gasteiger partial charge in [0, 0.05) is 38.4 Å². The largest absolute Gasteiger partial charge is 0.309 e. The third kappa shape index (κ3) is 4.31. The second-order valence-electron chi connectivity index (χ2n) is 12.3. The zero-order valence-electron chi connectivity index (χ0n) is 26.7. The molecule has 2 aromatic heterocycles. The van der Waals surface area contributed by atoms with Gasteiger partial charge in [0.2, 0.25) is 0 Å². The summed E-state index contributed by atoms with van der Waals surface area (Å²) >= 11 is 0. The van der Waals surface area contributed by atoms with Crippen molar-refractivity contribution in [1.82, 2.24) is 9.13 Å². The lowest BCUT2D eigenvalue weighted by atomic mass is 9.93. The molecule has 5 heteroatoms. The zero-order chi connectivity index (χ0) is 33.8. The van der Waals surface area contributed by atoms with Crippen LogP contribution in [0.5, 0.6) is 0 Å². The maximum Gasteiger partial charge on any atom is 0.0998 e. The Kier molecular flexibility index (Phi) is 6.56. The number of nitriles is 3. The van der Waals surface area contributed by atoms with E-state index < -0.39 is 0 Å². The number of benzene rings is 7. The van der Waals surface area contributed by atoms with Gasteiger partial charge in [-0.05, 0) is 83.9 Å². The van der Waals surface area contributed by atoms with Crippen LogP contribution in [-0.4, -0.2) is 9.13 Å². The summed E-state index contributed by atoms with van der Waals surface area (Å²) in [7, 11) is 0. The standard InChI is InChI=1S/C45H25N5/c46-26-29-19-22-43-39(23-29)36-13-2-5-16-41(36)50(43)40-15-4-1-12-35(40)38-25-31(20-21-32(38)27-47)30-9-7-11-34(24-30)49-42-17-6-3-14-37(42)45-33(28-48)10-8-18-44(45)49/h1-25H. The summed E-state index contributed by atoms with van der Waals surface area (Å²) < 4.78 is 4.45. The summed E-state index contributed by atoms with van der Waals surface area (Å²) in [6.07, 6.45) is 0. The van der Waals surface area contributed by atoms with Crippen molar-refractivity contribution in [2.45, 2.75) is 0 Å². The van der Waals surface area contributed by atoms with Gasteiger partial charge in [0.25, 0.3) is 0 Å². The van der Waals surface area contributed by atoms with Gasteiger partial charge in [-0.15, -0.1) is 0 Å². The van der Waals surface area contributed by atoms with Crippen LogP contribution >= 0.6 is 0 Å². The first-order valence-corrected chi connectivity index (χ1v) is 16.3. The predicted octanol–water partition coefficient (Wildman–Crippen LogP) is 10.8. The van der Waals surface area contributed by atoms with Crippen molar-refractivity contribution in [3.05, 3.63) is 168 Å². The fraction of sp³-hybridized carbons (Fsp3) is 0. The Labute approximate surface area is 287 Å². The van der Waals surface area contributed by atoms with Crippen LogP contribution in [-0.2, 0) is 0 Å². The molecule has 0 spiro atoms. The SMILES string of the molecule is N#Cc1ccc2c(c1)c1ccccc1n2-c1ccccc1-c1cc(-c2cccc(-n3c4ccccc4c4c(C#N)cccc43)c2)ccc1C#N. The molecule has 0 aliphatic heterocycles. The van der Waals surface area contributed by atoms with Gasteiger partial charge in [-0.3, -0.25) is 0 Å². The number of para-hydroxylation sites is 3. The molecule has 9 aromatic rings. The second kappa shape index (κ2) is 11.4. The van der Waals surface area contributed by atoms with E-state index in [0.717, 1.165) is 77.2 Å². The van der Waals surface area contributed by atoms with E-state index in [0.29, 0.717) is 16.7 Å². The highest BCUT2D eigenvalue weighted by Crippen LogP contribution is 2.40. The Balaban J connectivity index is 1.24. The molecule has 230 valence electrons. The monoisotopic (exact) mass is 635 g/mol. The van der Waals surface area contributed by atoms with Crippen LogP contribution in [0, 0.1) is 34.0 Å². The molecular weight excluding hydrogens is 611 g/mol. The van der Waals surface area contributed by atoms with Gasteiger partial charge < -0.3 is 9.13 Å². The Morgan fingerprint density at radius 1 is 0.400 bits per heavy atom. The molecule has 0 N–H and O–H groups in total. The third-order valence-corrected chi connectivity index (χ3v) is 9.63. The van der Waals surface area contributed by atoms with Crippen molar-refractivity contribution in [3.63, 3.8) is 0 Å². The first-order valence-electron chi connectivity index (χ1n) is 16.3. The van der Waals surface area contributed by atoms with E-state index in [4.69, 9.17) is 0 Å². The van der Waals surface area contributed by atoms with Crippen LogP contribution in [0.3, 0.4) is 0 Å². The van der Waals surface area contributed by atoms with E-state index in [2.05, 4.69) is 100 Å². The molecule has 0 bridgehead atoms. The van der Waals surface area contributed by atoms with Crippen LogP contribution in [0.2, 0.25) is 0 Å². The zero-order valence-corrected chi connectivity index (χ0v) is 26.7. The highest BCUT2D eigenvalue weighted by atomic mass is 15.0. The first kappa shape index (κ1) is 28.8. The Morgan fingerprint density at radius 3 is 1.90 bits per heavy atom. The number of rotatable bonds is 4. The second-order valence-corrected chi connectivity index (χ2v) is 12.3. The Hall–Kier alpha value is -7.39. The lowest BCUT2D eigenvalue weighted by Crippen LogP contribution is -1.98. The van der Waals surface area contributed by atoms with Gasteiger partial charge in [-0.25, -0.2) is 0 Å². The summed E-state index contributed by atoms with van der Waals surface area (Å²) in [6, 6.07) is 57.8. The van der Waals surface area contributed by atoms with Gasteiger partial charge >= 0.3 is 0 Å². The quantitative estimate of drug-likeness (QED) is 0.193. The van der Waals surface area contributed by atoms with E-state index in [9.17, 15) is 15.8 Å². The fourth-order valence-electron chi connectivity index (χ4n) is 7.46. The van der Waals surface area contributed by atoms with Gasteiger partial charge in [0.1, 0.15) is 0 Å². The van der Waals surface area contributed by atoms with Crippen molar-refractivity contribution in [3.8, 4) is 51.8 Å². The Morgan fingerprint density at radius 2 is 1.08 bits per heavy atom. The van der Waals surface area contributed by atoms with Crippen LogP contribution in [0.15, 0.2) is 152 Å². The molecule has 2 heterocycles. The van der Waals surface area contributed by atoms with Crippen LogP contribution in [0.4, 0.5) is 0 Å². The van der Waals surface area contributed by atoms with Crippen molar-refractivity contribution < 1.29 is 0 Å². The lowest BCUT2D eigenvalue weighted by Gasteiger charge is -2.16. The molecule has 0 aliphatic rings. The van der Waals surface area contributed by atoms with Gasteiger partial charge in [0.15, 0.2) is 0 Å². The maximum atomic E-state index is 10.4. The molecule has 7 aromatic carbocycles. The molecular formula is C45H25N5. The van der Waals surface area contributed by atoms with E-state index in [1.165, 1.54) is 0 Å². The number of fused-ring (bicyclic) bond motifs is 6.